The average Bonchev–Trinajstić information content (AvgIpc) is 2.74. The molecular formula is C25H48N4O5. The summed E-state index contributed by atoms with van der Waals surface area (Å²) in [6.07, 6.45) is 1.02. The van der Waals surface area contributed by atoms with Gasteiger partial charge in [0.05, 0.1) is 18.6 Å². The summed E-state index contributed by atoms with van der Waals surface area (Å²) >= 11 is 0. The van der Waals surface area contributed by atoms with E-state index in [4.69, 9.17) is 4.74 Å². The van der Waals surface area contributed by atoms with E-state index < -0.39 is 18.2 Å². The van der Waals surface area contributed by atoms with E-state index in [2.05, 4.69) is 10.6 Å². The number of methoxy groups -OCH3 is 1. The molecule has 0 aliphatic rings. The molecule has 0 fully saturated rings. The standard InChI is InChI=1S/C25H48N4O5/c1-12-18(8)23(19(34-11)13-20(31)26-17(6)7)29(10)25(33)21(15(2)3)27-24(32)22(16(4)5)28(9)14-30/h14-19,21-23H,12-13H2,1-11H3,(H,26,31)(H,27,32)/t18-,19+,21-,22-,23?/m0/s1. The minimum atomic E-state index is -0.785. The Morgan fingerprint density at radius 1 is 0.941 bits per heavy atom. The monoisotopic (exact) mass is 484 g/mol. The molecule has 5 atom stereocenters. The third kappa shape index (κ3) is 9.24. The van der Waals surface area contributed by atoms with Crippen LogP contribution in [-0.2, 0) is 23.9 Å². The maximum Gasteiger partial charge on any atom is 0.245 e. The molecule has 0 saturated carbocycles. The van der Waals surface area contributed by atoms with Crippen LogP contribution in [0.15, 0.2) is 0 Å². The smallest absolute Gasteiger partial charge is 0.245 e. The van der Waals surface area contributed by atoms with E-state index in [1.54, 1.807) is 26.1 Å². The van der Waals surface area contributed by atoms with E-state index in [9.17, 15) is 19.2 Å². The van der Waals surface area contributed by atoms with Crippen molar-refractivity contribution in [1.82, 2.24) is 20.4 Å². The van der Waals surface area contributed by atoms with Gasteiger partial charge in [-0.25, -0.2) is 0 Å². The molecule has 34 heavy (non-hydrogen) atoms. The molecule has 0 bridgehead atoms. The first-order chi connectivity index (χ1) is 15.7. The van der Waals surface area contributed by atoms with E-state index in [0.29, 0.717) is 6.41 Å². The zero-order chi connectivity index (χ0) is 26.7. The van der Waals surface area contributed by atoms with Gasteiger partial charge < -0.3 is 25.2 Å². The molecule has 0 aliphatic carbocycles. The van der Waals surface area contributed by atoms with E-state index >= 15 is 0 Å². The first-order valence-electron chi connectivity index (χ1n) is 12.3. The Morgan fingerprint density at radius 3 is 1.88 bits per heavy atom. The Bertz CT molecular complexity index is 668. The van der Waals surface area contributed by atoms with Crippen LogP contribution in [0.25, 0.3) is 0 Å². The first-order valence-corrected chi connectivity index (χ1v) is 12.3. The molecule has 0 aromatic heterocycles. The Morgan fingerprint density at radius 2 is 1.50 bits per heavy atom. The second-order valence-corrected chi connectivity index (χ2v) is 10.2. The molecule has 0 radical (unpaired) electrons. The van der Waals surface area contributed by atoms with E-state index in [-0.39, 0.29) is 54.0 Å². The van der Waals surface area contributed by atoms with Gasteiger partial charge in [0, 0.05) is 27.2 Å². The van der Waals surface area contributed by atoms with E-state index in [1.165, 1.54) is 4.90 Å². The van der Waals surface area contributed by atoms with Gasteiger partial charge in [-0.1, -0.05) is 48.0 Å². The lowest BCUT2D eigenvalue weighted by Gasteiger charge is -2.40. The fourth-order valence-electron chi connectivity index (χ4n) is 4.29. The zero-order valence-electron chi connectivity index (χ0n) is 23.0. The van der Waals surface area contributed by atoms with Crippen molar-refractivity contribution in [2.45, 2.75) is 98.5 Å². The average molecular weight is 485 g/mol. The summed E-state index contributed by atoms with van der Waals surface area (Å²) < 4.78 is 5.71. The third-order valence-corrected chi connectivity index (χ3v) is 6.28. The Balaban J connectivity index is 5.92. The van der Waals surface area contributed by atoms with E-state index in [0.717, 1.165) is 6.42 Å². The Hall–Kier alpha value is -2.16. The number of hydrogen-bond acceptors (Lipinski definition) is 5. The molecule has 0 spiro atoms. The van der Waals surface area contributed by atoms with Crippen LogP contribution in [0, 0.1) is 17.8 Å². The lowest BCUT2D eigenvalue weighted by atomic mass is 9.89. The number of nitrogens with zero attached hydrogens (tertiary/aromatic N) is 2. The second kappa shape index (κ2) is 15.0. The van der Waals surface area contributed by atoms with E-state index in [1.807, 2.05) is 55.4 Å². The van der Waals surface area contributed by atoms with Crippen LogP contribution in [-0.4, -0.2) is 85.4 Å². The van der Waals surface area contributed by atoms with Crippen LogP contribution >= 0.6 is 0 Å². The van der Waals surface area contributed by atoms with Gasteiger partial charge in [-0.2, -0.15) is 0 Å². The number of ether oxygens (including phenoxy) is 1. The summed E-state index contributed by atoms with van der Waals surface area (Å²) in [5.41, 5.74) is 0. The molecule has 4 amide bonds. The van der Waals surface area contributed by atoms with Gasteiger partial charge in [0.2, 0.25) is 24.1 Å². The molecule has 0 rings (SSSR count). The SMILES string of the molecule is CC[C@H](C)C([C@@H](CC(=O)NC(C)C)OC)N(C)C(=O)[C@@H](NC(=O)[C@H](C(C)C)N(C)C=O)C(C)C. The third-order valence-electron chi connectivity index (χ3n) is 6.28. The summed E-state index contributed by atoms with van der Waals surface area (Å²) in [5.74, 6) is -1.02. The van der Waals surface area contributed by atoms with Crippen molar-refractivity contribution >= 4 is 24.1 Å². The lowest BCUT2D eigenvalue weighted by Crippen LogP contribution is -2.59. The lowest BCUT2D eigenvalue weighted by molar-refractivity contribution is -0.145. The largest absolute Gasteiger partial charge is 0.379 e. The molecule has 9 nitrogen and oxygen atoms in total. The molecule has 0 aromatic carbocycles. The van der Waals surface area contributed by atoms with Gasteiger partial charge >= 0.3 is 0 Å². The highest BCUT2D eigenvalue weighted by atomic mass is 16.5. The molecule has 198 valence electrons. The highest BCUT2D eigenvalue weighted by Crippen LogP contribution is 2.23. The van der Waals surface area contributed by atoms with Crippen LogP contribution in [0.5, 0.6) is 0 Å². The fraction of sp³-hybridized carbons (Fsp3) is 0.840. The molecule has 0 aliphatic heterocycles. The minimum absolute atomic E-state index is 0.00495. The molecule has 2 N–H and O–H groups in total. The summed E-state index contributed by atoms with van der Waals surface area (Å²) in [6.45, 7) is 15.3. The van der Waals surface area contributed by atoms with Gasteiger partial charge in [-0.15, -0.1) is 0 Å². The number of likely N-dealkylation sites (N-methyl/N-ethyl adjacent to an activating group) is 2. The Labute approximate surface area is 206 Å². The summed E-state index contributed by atoms with van der Waals surface area (Å²) in [6, 6.07) is -1.83. The Kier molecular flexibility index (Phi) is 14.0. The van der Waals surface area contributed by atoms with Crippen molar-refractivity contribution in [2.24, 2.45) is 17.8 Å². The first kappa shape index (κ1) is 31.8. The van der Waals surface area contributed by atoms with Gasteiger partial charge in [0.1, 0.15) is 12.1 Å². The normalized spacial score (nSPS) is 15.9. The molecule has 9 heteroatoms. The van der Waals surface area contributed by atoms with Crippen molar-refractivity contribution in [3.05, 3.63) is 0 Å². The molecule has 0 heterocycles. The minimum Gasteiger partial charge on any atom is -0.379 e. The number of rotatable bonds is 15. The van der Waals surface area contributed by atoms with Gasteiger partial charge in [0.15, 0.2) is 0 Å². The second-order valence-electron chi connectivity index (χ2n) is 10.2. The van der Waals surface area contributed by atoms with Crippen molar-refractivity contribution in [1.29, 1.82) is 0 Å². The van der Waals surface area contributed by atoms with Crippen molar-refractivity contribution in [3.63, 3.8) is 0 Å². The topological polar surface area (TPSA) is 108 Å². The summed E-state index contributed by atoms with van der Waals surface area (Å²) in [5, 5.41) is 5.76. The van der Waals surface area contributed by atoms with Crippen LogP contribution in [0.4, 0.5) is 0 Å². The van der Waals surface area contributed by atoms with Crippen molar-refractivity contribution in [2.75, 3.05) is 21.2 Å². The molecule has 1 unspecified atom stereocenters. The maximum atomic E-state index is 13.7. The zero-order valence-corrected chi connectivity index (χ0v) is 23.0. The highest BCUT2D eigenvalue weighted by molar-refractivity contribution is 5.91. The van der Waals surface area contributed by atoms with Crippen molar-refractivity contribution in [3.8, 4) is 0 Å². The fourth-order valence-corrected chi connectivity index (χ4v) is 4.29. The van der Waals surface area contributed by atoms with Gasteiger partial charge in [-0.05, 0) is 31.6 Å². The quantitative estimate of drug-likeness (QED) is 0.346. The summed E-state index contributed by atoms with van der Waals surface area (Å²) in [4.78, 5) is 53.4. The van der Waals surface area contributed by atoms with Gasteiger partial charge in [-0.3, -0.25) is 19.2 Å². The number of hydrogen-bond donors (Lipinski definition) is 2. The number of nitrogens with one attached hydrogen (secondary N) is 2. The van der Waals surface area contributed by atoms with Crippen LogP contribution in [0.3, 0.4) is 0 Å². The molecule has 0 aromatic rings. The predicted molar refractivity (Wildman–Crippen MR) is 134 cm³/mol. The number of amides is 4. The number of carbonyl (C=O) groups is 4. The van der Waals surface area contributed by atoms with Crippen LogP contribution in [0.2, 0.25) is 0 Å². The van der Waals surface area contributed by atoms with Crippen LogP contribution < -0.4 is 10.6 Å². The highest BCUT2D eigenvalue weighted by Gasteiger charge is 2.38. The van der Waals surface area contributed by atoms with Crippen molar-refractivity contribution < 1.29 is 23.9 Å². The van der Waals surface area contributed by atoms with Gasteiger partial charge in [0.25, 0.3) is 0 Å². The summed E-state index contributed by atoms with van der Waals surface area (Å²) in [7, 11) is 4.80. The maximum absolute atomic E-state index is 13.7. The predicted octanol–water partition coefficient (Wildman–Crippen LogP) is 2.04. The molecular weight excluding hydrogens is 436 g/mol. The number of carbonyl (C=O) groups excluding carboxylic acids is 4. The molecule has 0 saturated heterocycles. The van der Waals surface area contributed by atoms with Crippen LogP contribution in [0.1, 0.15) is 68.2 Å².